The number of hydrogen-bond donors (Lipinski definition) is 0. The van der Waals surface area contributed by atoms with Gasteiger partial charge in [0, 0.05) is 32.3 Å². The minimum absolute atomic E-state index is 0.0835. The highest BCUT2D eigenvalue weighted by atomic mass is 31.2. The van der Waals surface area contributed by atoms with Crippen molar-refractivity contribution in [1.82, 2.24) is 4.98 Å². The number of pyridine rings is 1. The van der Waals surface area contributed by atoms with E-state index in [-0.39, 0.29) is 5.92 Å². The Balaban J connectivity index is 1.19. The van der Waals surface area contributed by atoms with Crippen LogP contribution in [0, 0.1) is 5.92 Å². The molecule has 282 valence electrons. The molecule has 0 N–H and O–H groups in total. The van der Waals surface area contributed by atoms with Crippen LogP contribution in [0.2, 0.25) is 0 Å². The summed E-state index contributed by atoms with van der Waals surface area (Å²) in [5.41, 5.74) is 14.6. The molecule has 0 bridgehead atoms. The topological polar surface area (TPSA) is 42.3 Å². The molecule has 1 aromatic heterocycles. The number of nitrogens with zero attached hydrogens (tertiary/aromatic N) is 2. The SMILES string of the molecule is CC1=C2C(c3ccccc3)=Nc3cc(-c4cccc(P(=O)(c5ccccc5)c5ccccc5)c4)ccc3C2(C)C(C)c2c(C3=CC=CC(C)C3)nc3ccccc3c21. The first-order valence-electron chi connectivity index (χ1n) is 20.4. The fourth-order valence-corrected chi connectivity index (χ4v) is 12.7. The first-order valence-corrected chi connectivity index (χ1v) is 22.1. The second-order valence-electron chi connectivity index (χ2n) is 16.3. The molecular formula is C54H45N2OP. The van der Waals surface area contributed by atoms with Gasteiger partial charge in [-0.3, -0.25) is 0 Å². The molecule has 4 heteroatoms. The van der Waals surface area contributed by atoms with E-state index in [0.29, 0.717) is 5.92 Å². The zero-order valence-corrected chi connectivity index (χ0v) is 34.2. The number of rotatable bonds is 6. The van der Waals surface area contributed by atoms with Gasteiger partial charge in [0.1, 0.15) is 0 Å². The fraction of sp³-hybridized carbons (Fsp3) is 0.148. The van der Waals surface area contributed by atoms with Crippen LogP contribution < -0.4 is 15.9 Å². The average Bonchev–Trinajstić information content (AvgIpc) is 3.28. The van der Waals surface area contributed by atoms with E-state index in [4.69, 9.17) is 9.98 Å². The van der Waals surface area contributed by atoms with Gasteiger partial charge in [-0.05, 0) is 87.9 Å². The number of para-hydroxylation sites is 1. The summed E-state index contributed by atoms with van der Waals surface area (Å²) in [4.78, 5) is 11.1. The largest absolute Gasteiger partial charge is 0.309 e. The molecule has 2 heterocycles. The molecule has 2 aliphatic carbocycles. The Labute approximate surface area is 341 Å². The van der Waals surface area contributed by atoms with Crippen LogP contribution in [0.4, 0.5) is 5.69 Å². The van der Waals surface area contributed by atoms with E-state index in [1.54, 1.807) is 0 Å². The number of aliphatic imine (C=N–C) groups is 1. The molecule has 0 saturated heterocycles. The maximum absolute atomic E-state index is 15.4. The number of aromatic nitrogens is 1. The molecule has 3 nitrogen and oxygen atoms in total. The van der Waals surface area contributed by atoms with Crippen molar-refractivity contribution in [3.8, 4) is 11.1 Å². The summed E-state index contributed by atoms with van der Waals surface area (Å²) in [6.45, 7) is 9.45. The Bertz CT molecular complexity index is 2900. The van der Waals surface area contributed by atoms with Crippen LogP contribution in [0.1, 0.15) is 68.0 Å². The van der Waals surface area contributed by atoms with E-state index in [1.165, 1.54) is 38.8 Å². The van der Waals surface area contributed by atoms with Gasteiger partial charge in [-0.2, -0.15) is 0 Å². The molecule has 3 atom stereocenters. The van der Waals surface area contributed by atoms with E-state index in [9.17, 15) is 0 Å². The molecule has 1 aliphatic heterocycles. The van der Waals surface area contributed by atoms with Crippen molar-refractivity contribution in [2.45, 2.75) is 45.4 Å². The third-order valence-corrected chi connectivity index (χ3v) is 16.0. The summed E-state index contributed by atoms with van der Waals surface area (Å²) in [5.74, 6) is 0.532. The minimum atomic E-state index is -3.16. The van der Waals surface area contributed by atoms with Gasteiger partial charge in [0.05, 0.1) is 22.6 Å². The van der Waals surface area contributed by atoms with E-state index in [2.05, 4.69) is 131 Å². The van der Waals surface area contributed by atoms with Crippen LogP contribution in [0.5, 0.6) is 0 Å². The van der Waals surface area contributed by atoms with Crippen molar-refractivity contribution in [3.63, 3.8) is 0 Å². The summed E-state index contributed by atoms with van der Waals surface area (Å²) in [7, 11) is -3.16. The molecule has 7 aromatic rings. The fourth-order valence-electron chi connectivity index (χ4n) is 9.96. The minimum Gasteiger partial charge on any atom is -0.309 e. The molecular weight excluding hydrogens is 724 g/mol. The van der Waals surface area contributed by atoms with Gasteiger partial charge >= 0.3 is 0 Å². The van der Waals surface area contributed by atoms with Crippen molar-refractivity contribution in [2.75, 3.05) is 0 Å². The standard InChI is InChI=1S/C54H45N2OP/c1-35-18-16-22-41(32-35)52-50-37(3)54(4)46-31-30-40(39-21-17-27-44(33-39)58(57,42-23-10-6-11-24-42)43-25-12-7-13-26-43)34-48(46)56-53(38-19-8-5-9-20-38)51(54)36(2)49(50)45-28-14-15-29-47(45)55-52/h5-31,33-35,37H,32H2,1-4H3. The predicted octanol–water partition coefficient (Wildman–Crippen LogP) is 12.5. The number of hydrogen-bond acceptors (Lipinski definition) is 3. The van der Waals surface area contributed by atoms with Gasteiger partial charge in [-0.25, -0.2) is 9.98 Å². The zero-order valence-electron chi connectivity index (χ0n) is 33.4. The quantitative estimate of drug-likeness (QED) is 0.158. The molecule has 0 amide bonds. The lowest BCUT2D eigenvalue weighted by Crippen LogP contribution is -2.41. The lowest BCUT2D eigenvalue weighted by Gasteiger charge is -2.48. The Hall–Kier alpha value is -6.15. The van der Waals surface area contributed by atoms with Crippen LogP contribution in [-0.2, 0) is 9.98 Å². The highest BCUT2D eigenvalue weighted by molar-refractivity contribution is 7.85. The normalized spacial score (nSPS) is 19.9. The van der Waals surface area contributed by atoms with Crippen molar-refractivity contribution >= 4 is 56.5 Å². The monoisotopic (exact) mass is 768 g/mol. The maximum atomic E-state index is 15.4. The van der Waals surface area contributed by atoms with Gasteiger partial charge in [0.2, 0.25) is 0 Å². The maximum Gasteiger partial charge on any atom is 0.171 e. The van der Waals surface area contributed by atoms with Gasteiger partial charge < -0.3 is 4.57 Å². The van der Waals surface area contributed by atoms with E-state index < -0.39 is 12.6 Å². The molecule has 6 aromatic carbocycles. The summed E-state index contributed by atoms with van der Waals surface area (Å²) in [6.07, 6.45) is 7.74. The second-order valence-corrected chi connectivity index (χ2v) is 19.1. The Morgan fingerprint density at radius 3 is 2.00 bits per heavy atom. The number of fused-ring (bicyclic) bond motifs is 6. The Kier molecular flexibility index (Phi) is 8.77. The van der Waals surface area contributed by atoms with Crippen molar-refractivity contribution in [2.24, 2.45) is 10.9 Å². The lowest BCUT2D eigenvalue weighted by molar-refractivity contribution is 0.468. The zero-order chi connectivity index (χ0) is 39.6. The predicted molar refractivity (Wildman–Crippen MR) is 245 cm³/mol. The number of benzene rings is 6. The highest BCUT2D eigenvalue weighted by Gasteiger charge is 2.50. The molecule has 10 rings (SSSR count). The molecule has 0 spiro atoms. The van der Waals surface area contributed by atoms with Crippen LogP contribution in [0.25, 0.3) is 33.2 Å². The molecule has 0 radical (unpaired) electrons. The summed E-state index contributed by atoms with van der Waals surface area (Å²) < 4.78 is 15.4. The van der Waals surface area contributed by atoms with Crippen molar-refractivity contribution < 1.29 is 4.57 Å². The second kappa shape index (κ2) is 14.0. The first-order chi connectivity index (χ1) is 28.3. The van der Waals surface area contributed by atoms with Gasteiger partial charge in [-0.1, -0.05) is 179 Å². The summed E-state index contributed by atoms with van der Waals surface area (Å²) >= 11 is 0. The van der Waals surface area contributed by atoms with Crippen LogP contribution in [0.3, 0.4) is 0 Å². The van der Waals surface area contributed by atoms with Crippen LogP contribution >= 0.6 is 7.14 Å². The molecule has 0 fully saturated rings. The van der Waals surface area contributed by atoms with Crippen LogP contribution in [0.15, 0.2) is 187 Å². The smallest absolute Gasteiger partial charge is 0.171 e. The van der Waals surface area contributed by atoms with E-state index in [0.717, 1.165) is 61.6 Å². The highest BCUT2D eigenvalue weighted by Crippen LogP contribution is 2.59. The van der Waals surface area contributed by atoms with Crippen molar-refractivity contribution in [1.29, 1.82) is 0 Å². The average molecular weight is 769 g/mol. The van der Waals surface area contributed by atoms with Gasteiger partial charge in [0.25, 0.3) is 0 Å². The lowest BCUT2D eigenvalue weighted by atomic mass is 9.56. The molecule has 3 unspecified atom stereocenters. The molecule has 58 heavy (non-hydrogen) atoms. The van der Waals surface area contributed by atoms with E-state index in [1.807, 2.05) is 72.8 Å². The van der Waals surface area contributed by atoms with Gasteiger partial charge in [-0.15, -0.1) is 0 Å². The summed E-state index contributed by atoms with van der Waals surface area (Å²) in [5, 5.41) is 3.65. The summed E-state index contributed by atoms with van der Waals surface area (Å²) in [6, 6.07) is 54.3. The van der Waals surface area contributed by atoms with Crippen molar-refractivity contribution in [3.05, 3.63) is 209 Å². The van der Waals surface area contributed by atoms with Gasteiger partial charge in [0.15, 0.2) is 7.14 Å². The Morgan fingerprint density at radius 1 is 0.672 bits per heavy atom. The third-order valence-electron chi connectivity index (χ3n) is 12.9. The molecule has 0 saturated carbocycles. The molecule has 3 aliphatic rings. The first kappa shape index (κ1) is 36.2. The third kappa shape index (κ3) is 5.59. The van der Waals surface area contributed by atoms with E-state index >= 15 is 4.57 Å². The Morgan fingerprint density at radius 2 is 1.29 bits per heavy atom. The van der Waals surface area contributed by atoms with Crippen LogP contribution in [-0.4, -0.2) is 10.7 Å². The number of allylic oxidation sites excluding steroid dienone is 6.